The largest absolute Gasteiger partial charge is 0.496 e. The zero-order valence-corrected chi connectivity index (χ0v) is 10.8. The van der Waals surface area contributed by atoms with E-state index < -0.39 is 10.0 Å². The van der Waals surface area contributed by atoms with Crippen LogP contribution in [0.2, 0.25) is 0 Å². The van der Waals surface area contributed by atoms with E-state index in [1.165, 1.54) is 0 Å². The maximum Gasteiger partial charge on any atom is 0.213 e. The fourth-order valence-corrected chi connectivity index (χ4v) is 2.58. The van der Waals surface area contributed by atoms with Gasteiger partial charge in [0, 0.05) is 0 Å². The summed E-state index contributed by atoms with van der Waals surface area (Å²) in [6, 6.07) is 1.84. The molecule has 90 valence electrons. The summed E-state index contributed by atoms with van der Waals surface area (Å²) in [5.74, 6) is 0.642. The van der Waals surface area contributed by atoms with E-state index in [1.54, 1.807) is 7.11 Å². The third-order valence-corrected chi connectivity index (χ3v) is 3.46. The van der Waals surface area contributed by atoms with Gasteiger partial charge < -0.3 is 4.74 Å². The molecular formula is C11H17NO3S. The van der Waals surface area contributed by atoms with Gasteiger partial charge in [0.1, 0.15) is 5.75 Å². The van der Waals surface area contributed by atoms with Gasteiger partial charge in [-0.1, -0.05) is 0 Å². The Balaban J connectivity index is 3.37. The van der Waals surface area contributed by atoms with E-state index in [9.17, 15) is 8.42 Å². The van der Waals surface area contributed by atoms with Gasteiger partial charge in [0.05, 0.1) is 12.9 Å². The molecule has 2 N–H and O–H groups in total. The Labute approximate surface area is 96.5 Å². The molecule has 0 aromatic heterocycles. The highest BCUT2D eigenvalue weighted by Gasteiger charge is 2.14. The minimum Gasteiger partial charge on any atom is -0.496 e. The molecule has 0 amide bonds. The second-order valence-electron chi connectivity index (χ2n) is 3.93. The molecule has 0 bridgehead atoms. The first-order valence-electron chi connectivity index (χ1n) is 4.90. The fourth-order valence-electron chi connectivity index (χ4n) is 1.73. The molecule has 0 aliphatic carbocycles. The Kier molecular flexibility index (Phi) is 3.60. The summed E-state index contributed by atoms with van der Waals surface area (Å²) >= 11 is 0. The highest BCUT2D eigenvalue weighted by molar-refractivity contribution is 7.88. The highest BCUT2D eigenvalue weighted by atomic mass is 32.2. The Bertz CT molecular complexity index is 506. The van der Waals surface area contributed by atoms with Crippen molar-refractivity contribution in [3.05, 3.63) is 28.3 Å². The summed E-state index contributed by atoms with van der Waals surface area (Å²) < 4.78 is 27.4. The van der Waals surface area contributed by atoms with E-state index in [-0.39, 0.29) is 5.75 Å². The van der Waals surface area contributed by atoms with Crippen molar-refractivity contribution in [2.75, 3.05) is 7.11 Å². The van der Waals surface area contributed by atoms with Crippen LogP contribution in [0.1, 0.15) is 22.3 Å². The Morgan fingerprint density at radius 2 is 1.81 bits per heavy atom. The van der Waals surface area contributed by atoms with E-state index >= 15 is 0 Å². The number of rotatable bonds is 3. The van der Waals surface area contributed by atoms with Crippen LogP contribution in [-0.4, -0.2) is 15.5 Å². The first-order valence-corrected chi connectivity index (χ1v) is 6.62. The lowest BCUT2D eigenvalue weighted by Crippen LogP contribution is -2.16. The Morgan fingerprint density at radius 3 is 2.25 bits per heavy atom. The van der Waals surface area contributed by atoms with E-state index in [2.05, 4.69) is 0 Å². The molecule has 0 heterocycles. The molecule has 5 heteroatoms. The summed E-state index contributed by atoms with van der Waals surface area (Å²) in [4.78, 5) is 0. The predicted molar refractivity (Wildman–Crippen MR) is 64.0 cm³/mol. The van der Waals surface area contributed by atoms with Crippen LogP contribution in [0.3, 0.4) is 0 Å². The minimum absolute atomic E-state index is 0.129. The lowest BCUT2D eigenvalue weighted by atomic mass is 9.99. The molecule has 0 saturated carbocycles. The first kappa shape index (κ1) is 13.0. The van der Waals surface area contributed by atoms with Gasteiger partial charge in [0.25, 0.3) is 0 Å². The Morgan fingerprint density at radius 1 is 1.25 bits per heavy atom. The molecule has 16 heavy (non-hydrogen) atoms. The van der Waals surface area contributed by atoms with Gasteiger partial charge in [-0.2, -0.15) is 0 Å². The molecule has 1 rings (SSSR count). The summed E-state index contributed by atoms with van der Waals surface area (Å²) in [7, 11) is -1.90. The van der Waals surface area contributed by atoms with Crippen molar-refractivity contribution in [1.82, 2.24) is 0 Å². The smallest absolute Gasteiger partial charge is 0.213 e. The maximum absolute atomic E-state index is 11.1. The molecular weight excluding hydrogens is 226 g/mol. The number of primary sulfonamides is 1. The molecule has 0 atom stereocenters. The van der Waals surface area contributed by atoms with Crippen molar-refractivity contribution < 1.29 is 13.2 Å². The summed E-state index contributed by atoms with van der Waals surface area (Å²) in [5, 5.41) is 5.07. The van der Waals surface area contributed by atoms with Gasteiger partial charge in [-0.05, 0) is 49.1 Å². The van der Waals surface area contributed by atoms with E-state index in [1.807, 2.05) is 26.8 Å². The van der Waals surface area contributed by atoms with Crippen molar-refractivity contribution in [3.8, 4) is 5.75 Å². The maximum atomic E-state index is 11.1. The molecule has 1 aromatic rings. The third kappa shape index (κ3) is 2.74. The molecule has 0 aliphatic heterocycles. The molecule has 0 aliphatic rings. The van der Waals surface area contributed by atoms with Crippen LogP contribution >= 0.6 is 0 Å². The van der Waals surface area contributed by atoms with Crippen molar-refractivity contribution in [2.24, 2.45) is 5.14 Å². The van der Waals surface area contributed by atoms with Crippen LogP contribution in [0.5, 0.6) is 5.75 Å². The van der Waals surface area contributed by atoms with Gasteiger partial charge in [0.15, 0.2) is 0 Å². The number of hydrogen-bond acceptors (Lipinski definition) is 3. The van der Waals surface area contributed by atoms with Gasteiger partial charge in [0.2, 0.25) is 10.0 Å². The van der Waals surface area contributed by atoms with Crippen LogP contribution in [0.4, 0.5) is 0 Å². The number of hydrogen-bond donors (Lipinski definition) is 1. The van der Waals surface area contributed by atoms with E-state index in [4.69, 9.17) is 9.88 Å². The quantitative estimate of drug-likeness (QED) is 0.872. The number of methoxy groups -OCH3 is 1. The van der Waals surface area contributed by atoms with Crippen LogP contribution in [0.25, 0.3) is 0 Å². The minimum atomic E-state index is -3.50. The number of sulfonamides is 1. The average molecular weight is 243 g/mol. The molecule has 0 radical (unpaired) electrons. The van der Waals surface area contributed by atoms with Crippen molar-refractivity contribution in [1.29, 1.82) is 0 Å². The normalized spacial score (nSPS) is 11.6. The van der Waals surface area contributed by atoms with E-state index in [0.29, 0.717) is 0 Å². The summed E-state index contributed by atoms with van der Waals surface area (Å²) in [6.07, 6.45) is 0. The predicted octanol–water partition coefficient (Wildman–Crippen LogP) is 1.41. The van der Waals surface area contributed by atoms with E-state index in [0.717, 1.165) is 28.0 Å². The lowest BCUT2D eigenvalue weighted by Gasteiger charge is -2.15. The highest BCUT2D eigenvalue weighted by Crippen LogP contribution is 2.28. The summed E-state index contributed by atoms with van der Waals surface area (Å²) in [5.41, 5.74) is 3.52. The summed E-state index contributed by atoms with van der Waals surface area (Å²) in [6.45, 7) is 5.64. The molecule has 0 unspecified atom stereocenters. The van der Waals surface area contributed by atoms with Crippen molar-refractivity contribution in [3.63, 3.8) is 0 Å². The zero-order valence-electron chi connectivity index (χ0n) is 9.99. The monoisotopic (exact) mass is 243 g/mol. The van der Waals surface area contributed by atoms with Gasteiger partial charge in [-0.3, -0.25) is 0 Å². The topological polar surface area (TPSA) is 69.4 Å². The number of aryl methyl sites for hydroxylation is 1. The van der Waals surface area contributed by atoms with Gasteiger partial charge in [-0.25, -0.2) is 13.6 Å². The van der Waals surface area contributed by atoms with Gasteiger partial charge >= 0.3 is 0 Å². The van der Waals surface area contributed by atoms with Crippen molar-refractivity contribution >= 4 is 10.0 Å². The number of nitrogens with two attached hydrogens (primary N) is 1. The van der Waals surface area contributed by atoms with Crippen LogP contribution < -0.4 is 9.88 Å². The second-order valence-corrected chi connectivity index (χ2v) is 5.55. The molecule has 0 spiro atoms. The molecule has 0 saturated heterocycles. The Hall–Kier alpha value is -1.07. The third-order valence-electron chi connectivity index (χ3n) is 2.77. The lowest BCUT2D eigenvalue weighted by molar-refractivity contribution is 0.410. The van der Waals surface area contributed by atoms with Crippen molar-refractivity contribution in [2.45, 2.75) is 26.5 Å². The van der Waals surface area contributed by atoms with Crippen LogP contribution in [0, 0.1) is 20.8 Å². The van der Waals surface area contributed by atoms with Crippen LogP contribution in [-0.2, 0) is 15.8 Å². The molecule has 1 aromatic carbocycles. The molecule has 4 nitrogen and oxygen atoms in total. The van der Waals surface area contributed by atoms with Gasteiger partial charge in [-0.15, -0.1) is 0 Å². The number of benzene rings is 1. The second kappa shape index (κ2) is 4.43. The first-order chi connectivity index (χ1) is 7.26. The molecule has 0 fully saturated rings. The standard InChI is InChI=1S/C11H17NO3S/c1-7-5-11(15-4)9(3)8(2)10(7)6-16(12,13)14/h5H,6H2,1-4H3,(H2,12,13,14). The number of ether oxygens (including phenoxy) is 1. The zero-order chi connectivity index (χ0) is 12.5. The van der Waals surface area contributed by atoms with Crippen LogP contribution in [0.15, 0.2) is 6.07 Å². The fraction of sp³-hybridized carbons (Fsp3) is 0.455. The SMILES string of the molecule is COc1cc(C)c(CS(N)(=O)=O)c(C)c1C. The average Bonchev–Trinajstić information content (AvgIpc) is 2.17.